The number of aromatic amines is 1. The van der Waals surface area contributed by atoms with Gasteiger partial charge in [-0.1, -0.05) is 13.8 Å². The van der Waals surface area contributed by atoms with E-state index in [-0.39, 0.29) is 23.8 Å². The SMILES string of the molecule is COC(=O)CCN(CC(C)C)S(=O)(=O)c1cn[nH]c1. The minimum atomic E-state index is -3.62. The molecule has 1 rings (SSSR count). The van der Waals surface area contributed by atoms with Crippen LogP contribution >= 0.6 is 0 Å². The van der Waals surface area contributed by atoms with Crippen molar-refractivity contribution in [3.05, 3.63) is 12.4 Å². The average molecular weight is 289 g/mol. The largest absolute Gasteiger partial charge is 0.469 e. The molecule has 0 spiro atoms. The topological polar surface area (TPSA) is 92.4 Å². The number of ether oxygens (including phenoxy) is 1. The van der Waals surface area contributed by atoms with Crippen molar-refractivity contribution in [2.75, 3.05) is 20.2 Å². The normalized spacial score (nSPS) is 12.1. The fourth-order valence-corrected chi connectivity index (χ4v) is 3.08. The van der Waals surface area contributed by atoms with Gasteiger partial charge in [0.25, 0.3) is 0 Å². The number of nitrogens with one attached hydrogen (secondary N) is 1. The van der Waals surface area contributed by atoms with Crippen molar-refractivity contribution in [2.24, 2.45) is 5.92 Å². The Kier molecular flexibility index (Phi) is 5.49. The molecule has 0 saturated carbocycles. The monoisotopic (exact) mass is 289 g/mol. The summed E-state index contributed by atoms with van der Waals surface area (Å²) in [6, 6.07) is 0. The Morgan fingerprint density at radius 3 is 2.68 bits per heavy atom. The number of esters is 1. The van der Waals surface area contributed by atoms with Gasteiger partial charge in [-0.05, 0) is 5.92 Å². The highest BCUT2D eigenvalue weighted by Gasteiger charge is 2.26. The quantitative estimate of drug-likeness (QED) is 0.743. The van der Waals surface area contributed by atoms with Gasteiger partial charge in [0.2, 0.25) is 10.0 Å². The van der Waals surface area contributed by atoms with Crippen LogP contribution in [0.4, 0.5) is 0 Å². The first-order valence-electron chi connectivity index (χ1n) is 5.93. The number of aromatic nitrogens is 2. The molecule has 8 heteroatoms. The van der Waals surface area contributed by atoms with Crippen LogP contribution in [-0.4, -0.2) is 49.1 Å². The maximum absolute atomic E-state index is 12.3. The van der Waals surface area contributed by atoms with Crippen molar-refractivity contribution in [3.8, 4) is 0 Å². The second kappa shape index (κ2) is 6.67. The molecular formula is C11H19N3O4S. The Morgan fingerprint density at radius 1 is 1.53 bits per heavy atom. The van der Waals surface area contributed by atoms with Crippen LogP contribution in [0.1, 0.15) is 20.3 Å². The van der Waals surface area contributed by atoms with Crippen molar-refractivity contribution < 1.29 is 17.9 Å². The molecule has 108 valence electrons. The molecule has 0 atom stereocenters. The van der Waals surface area contributed by atoms with E-state index >= 15 is 0 Å². The van der Waals surface area contributed by atoms with E-state index in [4.69, 9.17) is 0 Å². The van der Waals surface area contributed by atoms with E-state index in [0.29, 0.717) is 6.54 Å². The molecule has 19 heavy (non-hydrogen) atoms. The first kappa shape index (κ1) is 15.6. The standard InChI is InChI=1S/C11H19N3O4S/c1-9(2)8-14(5-4-11(15)18-3)19(16,17)10-6-12-13-7-10/h6-7,9H,4-5,8H2,1-3H3,(H,12,13). The summed E-state index contributed by atoms with van der Waals surface area (Å²) in [5.41, 5.74) is 0. The Balaban J connectivity index is 2.87. The zero-order valence-electron chi connectivity index (χ0n) is 11.3. The molecule has 0 aliphatic rings. The lowest BCUT2D eigenvalue weighted by molar-refractivity contribution is -0.140. The van der Waals surface area contributed by atoms with Gasteiger partial charge in [-0.15, -0.1) is 0 Å². The highest BCUT2D eigenvalue weighted by molar-refractivity contribution is 7.89. The van der Waals surface area contributed by atoms with E-state index < -0.39 is 16.0 Å². The van der Waals surface area contributed by atoms with E-state index in [2.05, 4.69) is 14.9 Å². The molecule has 7 nitrogen and oxygen atoms in total. The summed E-state index contributed by atoms with van der Waals surface area (Å²) < 4.78 is 30.5. The number of methoxy groups -OCH3 is 1. The molecule has 0 aliphatic carbocycles. The third-order valence-corrected chi connectivity index (χ3v) is 4.30. The van der Waals surface area contributed by atoms with Gasteiger partial charge in [-0.2, -0.15) is 9.40 Å². The van der Waals surface area contributed by atoms with Crippen LogP contribution in [0.25, 0.3) is 0 Å². The molecule has 1 aromatic rings. The number of hydrogen-bond acceptors (Lipinski definition) is 5. The molecule has 1 N–H and O–H groups in total. The van der Waals surface area contributed by atoms with Crippen LogP contribution < -0.4 is 0 Å². The van der Waals surface area contributed by atoms with Crippen molar-refractivity contribution in [1.82, 2.24) is 14.5 Å². The minimum Gasteiger partial charge on any atom is -0.469 e. The van der Waals surface area contributed by atoms with Gasteiger partial charge < -0.3 is 4.74 Å². The molecule has 0 aliphatic heterocycles. The maximum atomic E-state index is 12.3. The van der Waals surface area contributed by atoms with Crippen molar-refractivity contribution in [2.45, 2.75) is 25.2 Å². The summed E-state index contributed by atoms with van der Waals surface area (Å²) in [6.07, 6.45) is 2.60. The van der Waals surface area contributed by atoms with Crippen LogP contribution in [-0.2, 0) is 19.6 Å². The number of carbonyl (C=O) groups excluding carboxylic acids is 1. The summed E-state index contributed by atoms with van der Waals surface area (Å²) in [5, 5.41) is 6.11. The van der Waals surface area contributed by atoms with E-state index in [1.165, 1.54) is 23.8 Å². The molecule has 0 unspecified atom stereocenters. The van der Waals surface area contributed by atoms with Gasteiger partial charge in [-0.3, -0.25) is 9.89 Å². The number of nitrogens with zero attached hydrogens (tertiary/aromatic N) is 2. The predicted octanol–water partition coefficient (Wildman–Crippen LogP) is 0.619. The van der Waals surface area contributed by atoms with Gasteiger partial charge in [-0.25, -0.2) is 8.42 Å². The molecule has 1 aromatic heterocycles. The third kappa shape index (κ3) is 4.32. The van der Waals surface area contributed by atoms with Crippen molar-refractivity contribution in [3.63, 3.8) is 0 Å². The maximum Gasteiger partial charge on any atom is 0.306 e. The molecule has 1 heterocycles. The smallest absolute Gasteiger partial charge is 0.306 e. The van der Waals surface area contributed by atoms with E-state index in [1.54, 1.807) is 0 Å². The summed E-state index contributed by atoms with van der Waals surface area (Å²) in [5.74, 6) is -0.282. The lowest BCUT2D eigenvalue weighted by Crippen LogP contribution is -2.36. The first-order valence-corrected chi connectivity index (χ1v) is 7.37. The summed E-state index contributed by atoms with van der Waals surface area (Å²) in [6.45, 7) is 4.26. The summed E-state index contributed by atoms with van der Waals surface area (Å²) in [7, 11) is -2.35. The minimum absolute atomic E-state index is 0.0281. The van der Waals surface area contributed by atoms with Crippen LogP contribution in [0.5, 0.6) is 0 Å². The van der Waals surface area contributed by atoms with E-state index in [9.17, 15) is 13.2 Å². The molecule has 0 radical (unpaired) electrons. The van der Waals surface area contributed by atoms with Crippen LogP contribution in [0.3, 0.4) is 0 Å². The van der Waals surface area contributed by atoms with Gasteiger partial charge >= 0.3 is 5.97 Å². The Bertz CT molecular complexity index is 496. The van der Waals surface area contributed by atoms with Crippen molar-refractivity contribution >= 4 is 16.0 Å². The molecule has 0 saturated heterocycles. The van der Waals surface area contributed by atoms with Crippen LogP contribution in [0, 0.1) is 5.92 Å². The van der Waals surface area contributed by atoms with Gasteiger partial charge in [0, 0.05) is 19.3 Å². The van der Waals surface area contributed by atoms with E-state index in [1.807, 2.05) is 13.8 Å². The lowest BCUT2D eigenvalue weighted by Gasteiger charge is -2.22. The average Bonchev–Trinajstić information content (AvgIpc) is 2.87. The molecule has 0 aromatic carbocycles. The Labute approximate surface area is 113 Å². The summed E-state index contributed by atoms with van der Waals surface area (Å²) in [4.78, 5) is 11.2. The molecular weight excluding hydrogens is 270 g/mol. The fourth-order valence-electron chi connectivity index (χ4n) is 1.56. The molecule has 0 amide bonds. The predicted molar refractivity (Wildman–Crippen MR) is 68.8 cm³/mol. The van der Waals surface area contributed by atoms with Crippen molar-refractivity contribution in [1.29, 1.82) is 0 Å². The second-order valence-electron chi connectivity index (χ2n) is 4.52. The van der Waals surface area contributed by atoms with Crippen LogP contribution in [0.15, 0.2) is 17.3 Å². The van der Waals surface area contributed by atoms with Gasteiger partial charge in [0.1, 0.15) is 4.90 Å². The zero-order chi connectivity index (χ0) is 14.5. The first-order chi connectivity index (χ1) is 8.87. The van der Waals surface area contributed by atoms with Crippen LogP contribution in [0.2, 0.25) is 0 Å². The zero-order valence-corrected chi connectivity index (χ0v) is 12.1. The Hall–Kier alpha value is -1.41. The summed E-state index contributed by atoms with van der Waals surface area (Å²) >= 11 is 0. The van der Waals surface area contributed by atoms with Gasteiger partial charge in [0.05, 0.1) is 19.7 Å². The second-order valence-corrected chi connectivity index (χ2v) is 6.45. The molecule has 0 bridgehead atoms. The number of carbonyl (C=O) groups is 1. The lowest BCUT2D eigenvalue weighted by atomic mass is 10.2. The van der Waals surface area contributed by atoms with E-state index in [0.717, 1.165) is 0 Å². The number of rotatable bonds is 7. The van der Waals surface area contributed by atoms with Gasteiger partial charge in [0.15, 0.2) is 0 Å². The number of hydrogen-bond donors (Lipinski definition) is 1. The number of sulfonamides is 1. The third-order valence-electron chi connectivity index (χ3n) is 2.47. The fraction of sp³-hybridized carbons (Fsp3) is 0.636. The highest BCUT2D eigenvalue weighted by Crippen LogP contribution is 2.16. The molecule has 0 fully saturated rings. The Morgan fingerprint density at radius 2 is 2.21 bits per heavy atom. The highest BCUT2D eigenvalue weighted by atomic mass is 32.2. The number of H-pyrrole nitrogens is 1.